The fourth-order valence-electron chi connectivity index (χ4n) is 3.50. The Kier molecular flexibility index (Phi) is 4.25. The van der Waals surface area contributed by atoms with Crippen molar-refractivity contribution in [3.63, 3.8) is 0 Å². The lowest BCUT2D eigenvalue weighted by Crippen LogP contribution is -2.36. The standard InChI is InChI=1S/C22H21N3O/c1-15-10-16(2)12-18(11-15)22(26)25-9-8-20-19(14-25)13-23-21(24-20)17-6-4-3-5-7-17/h3-7,10-13H,8-9,14H2,1-2H3. The molecule has 3 aromatic rings. The molecule has 0 atom stereocenters. The van der Waals surface area contributed by atoms with Gasteiger partial charge < -0.3 is 4.90 Å². The molecule has 0 saturated heterocycles. The van der Waals surface area contributed by atoms with Crippen LogP contribution >= 0.6 is 0 Å². The van der Waals surface area contributed by atoms with Crippen LogP contribution in [0.3, 0.4) is 0 Å². The number of benzene rings is 2. The van der Waals surface area contributed by atoms with Gasteiger partial charge in [-0.05, 0) is 26.0 Å². The molecule has 0 saturated carbocycles. The molecule has 4 heteroatoms. The Bertz CT molecular complexity index is 946. The van der Waals surface area contributed by atoms with Crippen LogP contribution in [0.1, 0.15) is 32.7 Å². The van der Waals surface area contributed by atoms with E-state index in [1.807, 2.05) is 67.4 Å². The highest BCUT2D eigenvalue weighted by Crippen LogP contribution is 2.22. The van der Waals surface area contributed by atoms with E-state index in [9.17, 15) is 4.79 Å². The van der Waals surface area contributed by atoms with Crippen LogP contribution in [0, 0.1) is 13.8 Å². The van der Waals surface area contributed by atoms with Crippen LogP contribution in [-0.2, 0) is 13.0 Å². The number of carbonyl (C=O) groups excluding carboxylic acids is 1. The third-order valence-corrected chi connectivity index (χ3v) is 4.72. The van der Waals surface area contributed by atoms with Crippen molar-refractivity contribution in [2.45, 2.75) is 26.8 Å². The maximum Gasteiger partial charge on any atom is 0.254 e. The molecule has 0 N–H and O–H groups in total. The lowest BCUT2D eigenvalue weighted by Gasteiger charge is -2.28. The summed E-state index contributed by atoms with van der Waals surface area (Å²) in [6.07, 6.45) is 2.62. The van der Waals surface area contributed by atoms with Gasteiger partial charge in [-0.25, -0.2) is 9.97 Å². The largest absolute Gasteiger partial charge is 0.334 e. The predicted molar refractivity (Wildman–Crippen MR) is 102 cm³/mol. The van der Waals surface area contributed by atoms with Crippen molar-refractivity contribution in [3.05, 3.63) is 82.7 Å². The van der Waals surface area contributed by atoms with Crippen LogP contribution in [-0.4, -0.2) is 27.3 Å². The third kappa shape index (κ3) is 3.23. The number of carbonyl (C=O) groups is 1. The molecule has 130 valence electrons. The van der Waals surface area contributed by atoms with Crippen LogP contribution in [0.15, 0.2) is 54.7 Å². The molecule has 4 nitrogen and oxygen atoms in total. The highest BCUT2D eigenvalue weighted by molar-refractivity contribution is 5.94. The van der Waals surface area contributed by atoms with Gasteiger partial charge in [0.05, 0.1) is 5.69 Å². The van der Waals surface area contributed by atoms with Gasteiger partial charge in [-0.3, -0.25) is 4.79 Å². The van der Waals surface area contributed by atoms with E-state index >= 15 is 0 Å². The van der Waals surface area contributed by atoms with Gasteiger partial charge in [0.2, 0.25) is 0 Å². The summed E-state index contributed by atoms with van der Waals surface area (Å²) < 4.78 is 0. The summed E-state index contributed by atoms with van der Waals surface area (Å²) in [7, 11) is 0. The van der Waals surface area contributed by atoms with Gasteiger partial charge in [-0.2, -0.15) is 0 Å². The van der Waals surface area contributed by atoms with E-state index in [-0.39, 0.29) is 5.91 Å². The van der Waals surface area contributed by atoms with Gasteiger partial charge in [0.15, 0.2) is 5.82 Å². The van der Waals surface area contributed by atoms with Gasteiger partial charge in [-0.15, -0.1) is 0 Å². The first kappa shape index (κ1) is 16.5. The molecule has 1 amide bonds. The second-order valence-corrected chi connectivity index (χ2v) is 6.88. The molecule has 0 aliphatic carbocycles. The zero-order chi connectivity index (χ0) is 18.1. The molecule has 2 heterocycles. The van der Waals surface area contributed by atoms with Crippen molar-refractivity contribution in [1.82, 2.24) is 14.9 Å². The topological polar surface area (TPSA) is 46.1 Å². The molecular weight excluding hydrogens is 322 g/mol. The van der Waals surface area contributed by atoms with Crippen molar-refractivity contribution in [2.24, 2.45) is 0 Å². The van der Waals surface area contributed by atoms with Gasteiger partial charge in [0, 0.05) is 42.4 Å². The van der Waals surface area contributed by atoms with E-state index in [4.69, 9.17) is 4.98 Å². The Hall–Kier alpha value is -3.01. The number of aromatic nitrogens is 2. The Balaban J connectivity index is 1.57. The first-order chi connectivity index (χ1) is 12.6. The molecule has 26 heavy (non-hydrogen) atoms. The van der Waals surface area contributed by atoms with Crippen molar-refractivity contribution < 1.29 is 4.79 Å². The normalized spacial score (nSPS) is 13.4. The molecule has 0 bridgehead atoms. The summed E-state index contributed by atoms with van der Waals surface area (Å²) >= 11 is 0. The van der Waals surface area contributed by atoms with Gasteiger partial charge in [0.1, 0.15) is 0 Å². The van der Waals surface area contributed by atoms with Crippen LogP contribution in [0.2, 0.25) is 0 Å². The zero-order valence-electron chi connectivity index (χ0n) is 15.1. The molecule has 0 radical (unpaired) electrons. The summed E-state index contributed by atoms with van der Waals surface area (Å²) in [5.41, 5.74) is 6.08. The van der Waals surface area contributed by atoms with E-state index in [1.54, 1.807) is 0 Å². The SMILES string of the molecule is Cc1cc(C)cc(C(=O)N2CCc3nc(-c4ccccc4)ncc3C2)c1. The molecule has 1 aromatic heterocycles. The minimum atomic E-state index is 0.0783. The average Bonchev–Trinajstić information content (AvgIpc) is 2.66. The van der Waals surface area contributed by atoms with Crippen molar-refractivity contribution in [3.8, 4) is 11.4 Å². The second-order valence-electron chi connectivity index (χ2n) is 6.88. The Morgan fingerprint density at radius 1 is 1.04 bits per heavy atom. The monoisotopic (exact) mass is 343 g/mol. The molecule has 2 aromatic carbocycles. The number of aryl methyl sites for hydroxylation is 2. The van der Waals surface area contributed by atoms with Crippen molar-refractivity contribution in [1.29, 1.82) is 0 Å². The van der Waals surface area contributed by atoms with Gasteiger partial charge >= 0.3 is 0 Å². The van der Waals surface area contributed by atoms with Crippen LogP contribution in [0.5, 0.6) is 0 Å². The summed E-state index contributed by atoms with van der Waals surface area (Å²) in [4.78, 5) is 24.0. The van der Waals surface area contributed by atoms with E-state index in [0.717, 1.165) is 45.8 Å². The molecule has 1 aliphatic rings. The molecule has 0 spiro atoms. The minimum absolute atomic E-state index is 0.0783. The van der Waals surface area contributed by atoms with Crippen molar-refractivity contribution >= 4 is 5.91 Å². The summed E-state index contributed by atoms with van der Waals surface area (Å²) in [6.45, 7) is 5.29. The average molecular weight is 343 g/mol. The lowest BCUT2D eigenvalue weighted by atomic mass is 10.0. The number of hydrogen-bond donors (Lipinski definition) is 0. The van der Waals surface area contributed by atoms with E-state index in [2.05, 4.69) is 11.1 Å². The van der Waals surface area contributed by atoms with Crippen LogP contribution < -0.4 is 0 Å². The van der Waals surface area contributed by atoms with E-state index in [0.29, 0.717) is 13.1 Å². The van der Waals surface area contributed by atoms with E-state index in [1.165, 1.54) is 0 Å². The highest BCUT2D eigenvalue weighted by Gasteiger charge is 2.23. The Morgan fingerprint density at radius 3 is 2.50 bits per heavy atom. The number of hydrogen-bond acceptors (Lipinski definition) is 3. The Labute approximate surface area is 153 Å². The van der Waals surface area contributed by atoms with Crippen molar-refractivity contribution in [2.75, 3.05) is 6.54 Å². The van der Waals surface area contributed by atoms with Crippen LogP contribution in [0.25, 0.3) is 11.4 Å². The fraction of sp³-hybridized carbons (Fsp3) is 0.227. The maximum absolute atomic E-state index is 12.9. The summed E-state index contributed by atoms with van der Waals surface area (Å²) in [5.74, 6) is 0.827. The summed E-state index contributed by atoms with van der Waals surface area (Å²) in [5, 5.41) is 0. The Morgan fingerprint density at radius 2 is 1.77 bits per heavy atom. The summed E-state index contributed by atoms with van der Waals surface area (Å²) in [6, 6.07) is 16.0. The lowest BCUT2D eigenvalue weighted by molar-refractivity contribution is 0.0733. The molecule has 0 fully saturated rings. The van der Waals surface area contributed by atoms with E-state index < -0.39 is 0 Å². The number of nitrogens with zero attached hydrogens (tertiary/aromatic N) is 3. The molecule has 1 aliphatic heterocycles. The number of rotatable bonds is 2. The first-order valence-electron chi connectivity index (χ1n) is 8.88. The third-order valence-electron chi connectivity index (χ3n) is 4.72. The first-order valence-corrected chi connectivity index (χ1v) is 8.88. The zero-order valence-corrected chi connectivity index (χ0v) is 15.1. The number of amides is 1. The molecule has 4 rings (SSSR count). The predicted octanol–water partition coefficient (Wildman–Crippen LogP) is 3.96. The quantitative estimate of drug-likeness (QED) is 0.707. The number of fused-ring (bicyclic) bond motifs is 1. The molecule has 0 unspecified atom stereocenters. The second kappa shape index (κ2) is 6.71. The molecular formula is C22H21N3O. The minimum Gasteiger partial charge on any atom is -0.334 e. The fourth-order valence-corrected chi connectivity index (χ4v) is 3.50. The highest BCUT2D eigenvalue weighted by atomic mass is 16.2. The maximum atomic E-state index is 12.9. The van der Waals surface area contributed by atoms with Gasteiger partial charge in [-0.1, -0.05) is 47.5 Å². The smallest absolute Gasteiger partial charge is 0.254 e. The van der Waals surface area contributed by atoms with Crippen LogP contribution in [0.4, 0.5) is 0 Å². The van der Waals surface area contributed by atoms with Gasteiger partial charge in [0.25, 0.3) is 5.91 Å².